The van der Waals surface area contributed by atoms with Gasteiger partial charge in [0.1, 0.15) is 24.4 Å². The minimum atomic E-state index is -1.50. The predicted octanol–water partition coefficient (Wildman–Crippen LogP) is 0.386. The van der Waals surface area contributed by atoms with E-state index in [4.69, 9.17) is 9.47 Å². The Labute approximate surface area is 173 Å². The van der Waals surface area contributed by atoms with E-state index in [1.165, 1.54) is 0 Å². The van der Waals surface area contributed by atoms with Crippen LogP contribution in [0.4, 0.5) is 0 Å². The summed E-state index contributed by atoms with van der Waals surface area (Å²) < 4.78 is 11.2. The van der Waals surface area contributed by atoms with Crippen LogP contribution in [0, 0.1) is 0 Å². The van der Waals surface area contributed by atoms with Gasteiger partial charge in [-0.3, -0.25) is 0 Å². The maximum Gasteiger partial charge on any atom is 0.187 e. The fraction of sp³-hybridized carbons (Fsp3) is 0.810. The highest BCUT2D eigenvalue weighted by Gasteiger charge is 2.45. The molecule has 1 unspecified atom stereocenters. The maximum absolute atomic E-state index is 10.1. The molecule has 1 rings (SSSR count). The van der Waals surface area contributed by atoms with Crippen molar-refractivity contribution in [2.24, 2.45) is 0 Å². The molecule has 0 spiro atoms. The highest BCUT2D eigenvalue weighted by Crippen LogP contribution is 2.29. The molecule has 0 saturated carbocycles. The number of hydrogen-bond acceptors (Lipinski definition) is 8. The van der Waals surface area contributed by atoms with Crippen molar-refractivity contribution >= 4 is 0 Å². The molecule has 6 N–H and O–H groups in total. The van der Waals surface area contributed by atoms with E-state index in [9.17, 15) is 30.6 Å². The lowest BCUT2D eigenvalue weighted by Crippen LogP contribution is -2.60. The Hall–Kier alpha value is -0.840. The van der Waals surface area contributed by atoms with Crippen LogP contribution in [-0.2, 0) is 9.47 Å². The molecule has 1 fully saturated rings. The summed E-state index contributed by atoms with van der Waals surface area (Å²) in [4.78, 5) is 0. The van der Waals surface area contributed by atoms with Crippen LogP contribution in [0.3, 0.4) is 0 Å². The Kier molecular flexibility index (Phi) is 9.91. The second kappa shape index (κ2) is 11.0. The van der Waals surface area contributed by atoms with Gasteiger partial charge in [0.05, 0.1) is 23.9 Å². The summed E-state index contributed by atoms with van der Waals surface area (Å²) in [6.45, 7) is 10.1. The predicted molar refractivity (Wildman–Crippen MR) is 108 cm³/mol. The Morgan fingerprint density at radius 1 is 1.17 bits per heavy atom. The lowest BCUT2D eigenvalue weighted by molar-refractivity contribution is -0.319. The first kappa shape index (κ1) is 26.2. The molecule has 8 heteroatoms. The van der Waals surface area contributed by atoms with Crippen molar-refractivity contribution < 1.29 is 40.1 Å². The Bertz CT molecular complexity index is 541. The monoisotopic (exact) mass is 418 g/mol. The van der Waals surface area contributed by atoms with Crippen molar-refractivity contribution in [2.45, 2.75) is 101 Å². The zero-order valence-corrected chi connectivity index (χ0v) is 17.9. The molecule has 0 aromatic carbocycles. The number of aliphatic hydroxyl groups excluding tert-OH is 5. The Morgan fingerprint density at radius 3 is 2.31 bits per heavy atom. The zero-order chi connectivity index (χ0) is 22.4. The molecule has 0 aromatic heterocycles. The minimum absolute atomic E-state index is 0.450. The maximum atomic E-state index is 10.1. The number of ether oxygens (including phenoxy) is 2. The molecule has 1 saturated heterocycles. The van der Waals surface area contributed by atoms with Gasteiger partial charge < -0.3 is 40.1 Å². The number of hydrogen-bond donors (Lipinski definition) is 6. The van der Waals surface area contributed by atoms with Gasteiger partial charge in [0.15, 0.2) is 6.29 Å². The molecule has 0 aliphatic carbocycles. The summed E-state index contributed by atoms with van der Waals surface area (Å²) in [6, 6.07) is 0. The van der Waals surface area contributed by atoms with Crippen LogP contribution in [0.5, 0.6) is 0 Å². The average molecular weight is 419 g/mol. The molecule has 1 heterocycles. The van der Waals surface area contributed by atoms with Crippen LogP contribution in [0.2, 0.25) is 0 Å². The van der Waals surface area contributed by atoms with Gasteiger partial charge >= 0.3 is 0 Å². The Morgan fingerprint density at radius 2 is 1.79 bits per heavy atom. The molecule has 1 aliphatic heterocycles. The lowest BCUT2D eigenvalue weighted by Gasteiger charge is -2.42. The summed E-state index contributed by atoms with van der Waals surface area (Å²) in [5, 5.41) is 58.9. The molecule has 7 atom stereocenters. The third-order valence-corrected chi connectivity index (χ3v) is 5.43. The van der Waals surface area contributed by atoms with E-state index in [1.54, 1.807) is 26.8 Å². The van der Waals surface area contributed by atoms with Crippen LogP contribution in [-0.4, -0.2) is 85.3 Å². The Balaban J connectivity index is 2.63. The number of aliphatic hydroxyl groups is 6. The van der Waals surface area contributed by atoms with Gasteiger partial charge in [0.2, 0.25) is 0 Å². The SMILES string of the molecule is C=CC(C)(CC/C=C(\C)CC[C@H](O)C(C)(C)O)O[C@@H]1O[C@H](CO)[C@@H](O)[C@H](O)[C@H]1O. The number of rotatable bonds is 11. The molecular formula is C21H38O8. The third-order valence-electron chi connectivity index (χ3n) is 5.43. The molecule has 0 radical (unpaired) electrons. The number of allylic oxidation sites excluding steroid dienone is 2. The fourth-order valence-corrected chi connectivity index (χ4v) is 3.06. The third kappa shape index (κ3) is 7.73. The van der Waals surface area contributed by atoms with Gasteiger partial charge in [-0.1, -0.05) is 17.7 Å². The summed E-state index contributed by atoms with van der Waals surface area (Å²) in [7, 11) is 0. The van der Waals surface area contributed by atoms with Gasteiger partial charge in [-0.05, 0) is 53.4 Å². The van der Waals surface area contributed by atoms with E-state index in [0.717, 1.165) is 5.57 Å². The van der Waals surface area contributed by atoms with Crippen molar-refractivity contribution in [3.8, 4) is 0 Å². The normalized spacial score (nSPS) is 31.9. The van der Waals surface area contributed by atoms with Crippen LogP contribution in [0.1, 0.15) is 53.4 Å². The van der Waals surface area contributed by atoms with Gasteiger partial charge in [-0.15, -0.1) is 6.58 Å². The first-order valence-electron chi connectivity index (χ1n) is 10.0. The molecule has 8 nitrogen and oxygen atoms in total. The zero-order valence-electron chi connectivity index (χ0n) is 17.9. The molecule has 1 aliphatic rings. The van der Waals surface area contributed by atoms with Gasteiger partial charge in [0.25, 0.3) is 0 Å². The van der Waals surface area contributed by atoms with Crippen LogP contribution >= 0.6 is 0 Å². The van der Waals surface area contributed by atoms with E-state index < -0.39 is 54.6 Å². The summed E-state index contributed by atoms with van der Waals surface area (Å²) in [5.41, 5.74) is -0.953. The second-order valence-corrected chi connectivity index (χ2v) is 8.63. The highest BCUT2D eigenvalue weighted by molar-refractivity contribution is 5.03. The van der Waals surface area contributed by atoms with E-state index in [-0.39, 0.29) is 0 Å². The first-order valence-corrected chi connectivity index (χ1v) is 10.0. The highest BCUT2D eigenvalue weighted by atomic mass is 16.7. The molecular weight excluding hydrogens is 380 g/mol. The fourth-order valence-electron chi connectivity index (χ4n) is 3.06. The molecule has 0 aromatic rings. The van der Waals surface area contributed by atoms with E-state index in [1.807, 2.05) is 13.0 Å². The molecule has 0 amide bonds. The van der Waals surface area contributed by atoms with Crippen molar-refractivity contribution in [1.29, 1.82) is 0 Å². The van der Waals surface area contributed by atoms with E-state index >= 15 is 0 Å². The second-order valence-electron chi connectivity index (χ2n) is 8.63. The molecule has 170 valence electrons. The molecule has 0 bridgehead atoms. The topological polar surface area (TPSA) is 140 Å². The van der Waals surface area contributed by atoms with Gasteiger partial charge in [0, 0.05) is 0 Å². The smallest absolute Gasteiger partial charge is 0.187 e. The quantitative estimate of drug-likeness (QED) is 0.265. The average Bonchev–Trinajstić information content (AvgIpc) is 2.65. The largest absolute Gasteiger partial charge is 0.394 e. The lowest BCUT2D eigenvalue weighted by atomic mass is 9.94. The van der Waals surface area contributed by atoms with Crippen LogP contribution < -0.4 is 0 Å². The van der Waals surface area contributed by atoms with Gasteiger partial charge in [-0.2, -0.15) is 0 Å². The van der Waals surface area contributed by atoms with Crippen molar-refractivity contribution in [3.05, 3.63) is 24.3 Å². The summed E-state index contributed by atoms with van der Waals surface area (Å²) in [6.07, 6.45) is -1.63. The first-order chi connectivity index (χ1) is 13.3. The van der Waals surface area contributed by atoms with E-state index in [0.29, 0.717) is 25.7 Å². The standard InChI is InChI=1S/C21H38O8/c1-6-21(5,11-7-8-13(2)9-10-15(23)20(3,4)27)29-19-18(26)17(25)16(24)14(12-22)28-19/h6,8,14-19,22-27H,1,7,9-12H2,2-5H3/b13-8+/t14-,15+,16-,17+,18-,19+,21?/m1/s1. The summed E-state index contributed by atoms with van der Waals surface area (Å²) in [5.74, 6) is 0. The van der Waals surface area contributed by atoms with Crippen molar-refractivity contribution in [3.63, 3.8) is 0 Å². The van der Waals surface area contributed by atoms with Crippen molar-refractivity contribution in [1.82, 2.24) is 0 Å². The van der Waals surface area contributed by atoms with Crippen molar-refractivity contribution in [2.75, 3.05) is 6.61 Å². The van der Waals surface area contributed by atoms with E-state index in [2.05, 4.69) is 6.58 Å². The van der Waals surface area contributed by atoms with Gasteiger partial charge in [-0.25, -0.2) is 0 Å². The minimum Gasteiger partial charge on any atom is -0.394 e. The van der Waals surface area contributed by atoms with Crippen LogP contribution in [0.25, 0.3) is 0 Å². The van der Waals surface area contributed by atoms with Crippen LogP contribution in [0.15, 0.2) is 24.3 Å². The summed E-state index contributed by atoms with van der Waals surface area (Å²) >= 11 is 0. The molecule has 29 heavy (non-hydrogen) atoms.